The molecule has 2 aliphatic rings. The predicted molar refractivity (Wildman–Crippen MR) is 115 cm³/mol. The summed E-state index contributed by atoms with van der Waals surface area (Å²) in [5, 5.41) is 0. The van der Waals surface area contributed by atoms with Crippen LogP contribution in [0.15, 0.2) is 53.4 Å². The summed E-state index contributed by atoms with van der Waals surface area (Å²) in [7, 11) is -2.65. The lowest BCUT2D eigenvalue weighted by Gasteiger charge is -2.38. The minimum Gasteiger partial charge on any atom is -0.495 e. The van der Waals surface area contributed by atoms with Crippen molar-refractivity contribution in [1.29, 1.82) is 0 Å². The summed E-state index contributed by atoms with van der Waals surface area (Å²) in [6, 6.07) is 10.8. The first-order valence-electron chi connectivity index (χ1n) is 10.3. The monoisotopic (exact) mass is 461 g/mol. The molecule has 0 radical (unpaired) electrons. The summed E-state index contributed by atoms with van der Waals surface area (Å²) >= 11 is 0. The molecule has 0 aromatic heterocycles. The van der Waals surface area contributed by atoms with E-state index in [1.807, 2.05) is 24.3 Å². The van der Waals surface area contributed by atoms with E-state index in [-0.39, 0.29) is 23.6 Å². The number of para-hydroxylation sites is 2. The molecule has 1 atom stereocenters. The second kappa shape index (κ2) is 8.78. The largest absolute Gasteiger partial charge is 0.495 e. The van der Waals surface area contributed by atoms with Crippen LogP contribution in [-0.4, -0.2) is 68.8 Å². The molecule has 2 heterocycles. The van der Waals surface area contributed by atoms with Crippen LogP contribution in [0.25, 0.3) is 0 Å². The molecule has 0 aliphatic carbocycles. The highest BCUT2D eigenvalue weighted by Gasteiger charge is 2.45. The van der Waals surface area contributed by atoms with E-state index < -0.39 is 27.8 Å². The molecule has 0 N–H and O–H groups in total. The van der Waals surface area contributed by atoms with E-state index in [9.17, 15) is 22.4 Å². The van der Waals surface area contributed by atoms with E-state index in [1.54, 1.807) is 12.0 Å². The summed E-state index contributed by atoms with van der Waals surface area (Å²) < 4.78 is 45.4. The van der Waals surface area contributed by atoms with Gasteiger partial charge in [0.25, 0.3) is 10.0 Å². The van der Waals surface area contributed by atoms with E-state index >= 15 is 0 Å². The van der Waals surface area contributed by atoms with Crippen molar-refractivity contribution in [3.8, 4) is 5.75 Å². The van der Waals surface area contributed by atoms with Gasteiger partial charge in [0.2, 0.25) is 11.8 Å². The number of methoxy groups -OCH3 is 1. The Morgan fingerprint density at radius 2 is 1.69 bits per heavy atom. The molecule has 32 heavy (non-hydrogen) atoms. The van der Waals surface area contributed by atoms with Gasteiger partial charge in [0.05, 0.1) is 17.7 Å². The molecule has 10 heteroatoms. The molecule has 2 aliphatic heterocycles. The molecule has 170 valence electrons. The Balaban J connectivity index is 1.49. The van der Waals surface area contributed by atoms with Gasteiger partial charge in [0.15, 0.2) is 0 Å². The van der Waals surface area contributed by atoms with Crippen LogP contribution in [0, 0.1) is 5.82 Å². The minimum absolute atomic E-state index is 0.0298. The fraction of sp³-hybridized carbons (Fsp3) is 0.364. The van der Waals surface area contributed by atoms with Crippen molar-refractivity contribution >= 4 is 27.5 Å². The molecular weight excluding hydrogens is 437 g/mol. The van der Waals surface area contributed by atoms with Crippen molar-refractivity contribution in [2.24, 2.45) is 0 Å². The van der Waals surface area contributed by atoms with Crippen LogP contribution in [0.3, 0.4) is 0 Å². The summed E-state index contributed by atoms with van der Waals surface area (Å²) in [5.41, 5.74) is 0.929. The van der Waals surface area contributed by atoms with Gasteiger partial charge in [-0.1, -0.05) is 12.1 Å². The number of piperazine rings is 1. The molecule has 8 nitrogen and oxygen atoms in total. The van der Waals surface area contributed by atoms with Crippen molar-refractivity contribution < 1.29 is 27.1 Å². The number of anilines is 1. The molecule has 0 bridgehead atoms. The highest BCUT2D eigenvalue weighted by Crippen LogP contribution is 2.31. The number of amides is 2. The first kappa shape index (κ1) is 22.1. The molecule has 2 amide bonds. The van der Waals surface area contributed by atoms with Gasteiger partial charge in [0, 0.05) is 32.6 Å². The molecule has 2 aromatic carbocycles. The van der Waals surface area contributed by atoms with E-state index in [0.29, 0.717) is 30.5 Å². The van der Waals surface area contributed by atoms with Gasteiger partial charge in [-0.15, -0.1) is 0 Å². The van der Waals surface area contributed by atoms with Crippen LogP contribution in [0.5, 0.6) is 5.75 Å². The Kier molecular flexibility index (Phi) is 6.05. The number of hydrogen-bond donors (Lipinski definition) is 0. The van der Waals surface area contributed by atoms with Gasteiger partial charge >= 0.3 is 0 Å². The summed E-state index contributed by atoms with van der Waals surface area (Å²) in [6.45, 7) is 1.90. The lowest BCUT2D eigenvalue weighted by molar-refractivity contribution is -0.138. The van der Waals surface area contributed by atoms with Gasteiger partial charge in [0.1, 0.15) is 17.6 Å². The van der Waals surface area contributed by atoms with E-state index in [4.69, 9.17) is 4.74 Å². The smallest absolute Gasteiger partial charge is 0.267 e. The SMILES string of the molecule is COc1ccccc1N1CCN(C(=O)C2CCC(=O)N2S(=O)(=O)c2ccc(F)cc2)CC1. The molecule has 2 fully saturated rings. The number of nitrogens with zero attached hydrogens (tertiary/aromatic N) is 3. The van der Waals surface area contributed by atoms with Gasteiger partial charge in [-0.25, -0.2) is 17.1 Å². The Labute approximate surface area is 186 Å². The average molecular weight is 462 g/mol. The third-order valence-corrected chi connectivity index (χ3v) is 7.68. The van der Waals surface area contributed by atoms with Crippen LogP contribution in [0.2, 0.25) is 0 Å². The van der Waals surface area contributed by atoms with Gasteiger partial charge in [-0.2, -0.15) is 0 Å². The Morgan fingerprint density at radius 1 is 1.03 bits per heavy atom. The Morgan fingerprint density at radius 3 is 2.34 bits per heavy atom. The maximum Gasteiger partial charge on any atom is 0.267 e. The zero-order chi connectivity index (χ0) is 22.9. The summed E-state index contributed by atoms with van der Waals surface area (Å²) in [5.74, 6) is -0.857. The molecule has 0 saturated carbocycles. The van der Waals surface area contributed by atoms with Crippen LogP contribution < -0.4 is 9.64 Å². The molecule has 4 rings (SSSR count). The molecular formula is C22H24FN3O5S. The Hall–Kier alpha value is -3.14. The van der Waals surface area contributed by atoms with Crippen molar-refractivity contribution in [2.45, 2.75) is 23.8 Å². The van der Waals surface area contributed by atoms with E-state index in [0.717, 1.165) is 35.7 Å². The average Bonchev–Trinajstić information content (AvgIpc) is 3.21. The highest BCUT2D eigenvalue weighted by atomic mass is 32.2. The van der Waals surface area contributed by atoms with Crippen molar-refractivity contribution in [3.63, 3.8) is 0 Å². The second-order valence-corrected chi connectivity index (χ2v) is 9.50. The predicted octanol–water partition coefficient (Wildman–Crippen LogP) is 1.86. The van der Waals surface area contributed by atoms with Gasteiger partial charge < -0.3 is 14.5 Å². The fourth-order valence-electron chi connectivity index (χ4n) is 4.18. The number of carbonyl (C=O) groups excluding carboxylic acids is 2. The highest BCUT2D eigenvalue weighted by molar-refractivity contribution is 7.89. The van der Waals surface area contributed by atoms with E-state index in [1.165, 1.54) is 0 Å². The number of halogens is 1. The third kappa shape index (κ3) is 4.02. The normalized spacial score (nSPS) is 19.4. The zero-order valence-electron chi connectivity index (χ0n) is 17.6. The van der Waals surface area contributed by atoms with Crippen LogP contribution in [0.1, 0.15) is 12.8 Å². The number of benzene rings is 2. The van der Waals surface area contributed by atoms with E-state index in [2.05, 4.69) is 4.90 Å². The van der Waals surface area contributed by atoms with Crippen LogP contribution in [0.4, 0.5) is 10.1 Å². The Bertz CT molecular complexity index is 1110. The van der Waals surface area contributed by atoms with Gasteiger partial charge in [-0.3, -0.25) is 9.59 Å². The number of sulfonamides is 1. The number of carbonyl (C=O) groups is 2. The topological polar surface area (TPSA) is 87.2 Å². The first-order chi connectivity index (χ1) is 15.3. The number of hydrogen-bond acceptors (Lipinski definition) is 6. The van der Waals surface area contributed by atoms with Crippen LogP contribution in [-0.2, 0) is 19.6 Å². The van der Waals surface area contributed by atoms with Crippen molar-refractivity contribution in [3.05, 3.63) is 54.3 Å². The molecule has 1 unspecified atom stereocenters. The summed E-state index contributed by atoms with van der Waals surface area (Å²) in [6.07, 6.45) is 0.100. The molecule has 2 saturated heterocycles. The maximum atomic E-state index is 13.2. The number of ether oxygens (including phenoxy) is 1. The number of rotatable bonds is 5. The second-order valence-electron chi connectivity index (χ2n) is 7.69. The van der Waals surface area contributed by atoms with Crippen molar-refractivity contribution in [1.82, 2.24) is 9.21 Å². The molecule has 0 spiro atoms. The fourth-order valence-corrected chi connectivity index (χ4v) is 5.77. The third-order valence-electron chi connectivity index (χ3n) is 5.83. The van der Waals surface area contributed by atoms with Gasteiger partial charge in [-0.05, 0) is 42.8 Å². The van der Waals surface area contributed by atoms with Crippen LogP contribution >= 0.6 is 0 Å². The standard InChI is InChI=1S/C22H24FN3O5S/c1-31-20-5-3-2-4-18(20)24-12-14-25(15-13-24)22(28)19-10-11-21(27)26(19)32(29,30)17-8-6-16(23)7-9-17/h2-9,19H,10-15H2,1H3. The lowest BCUT2D eigenvalue weighted by Crippen LogP contribution is -2.55. The maximum absolute atomic E-state index is 13.2. The first-order valence-corrected chi connectivity index (χ1v) is 11.8. The minimum atomic E-state index is -4.26. The zero-order valence-corrected chi connectivity index (χ0v) is 18.4. The quantitative estimate of drug-likeness (QED) is 0.676. The lowest BCUT2D eigenvalue weighted by atomic mass is 10.1. The summed E-state index contributed by atoms with van der Waals surface area (Å²) in [4.78, 5) is 29.2. The van der Waals surface area contributed by atoms with Crippen molar-refractivity contribution in [2.75, 3.05) is 38.2 Å². The molecule has 2 aromatic rings.